The second-order valence-electron chi connectivity index (χ2n) is 1.34. The summed E-state index contributed by atoms with van der Waals surface area (Å²) in [5, 5.41) is 8.63. The lowest BCUT2D eigenvalue weighted by molar-refractivity contribution is 0.475. The maximum absolute atomic E-state index is 8.63. The molecule has 5 heteroatoms. The van der Waals surface area contributed by atoms with E-state index in [9.17, 15) is 0 Å². The summed E-state index contributed by atoms with van der Waals surface area (Å²) in [7, 11) is 0. The predicted molar refractivity (Wildman–Crippen MR) is 68.4 cm³/mol. The summed E-state index contributed by atoms with van der Waals surface area (Å²) < 4.78 is 0. The number of hydrogen-bond donors (Lipinski definition) is 1. The summed E-state index contributed by atoms with van der Waals surface area (Å²) >= 11 is 0. The fourth-order valence-electron chi connectivity index (χ4n) is 0.428. The molecular weight excluding hydrogens is 254 g/mol. The molecule has 82 valence electrons. The molecule has 1 rings (SSSR count). The molecule has 0 saturated carbocycles. The lowest BCUT2D eigenvalue weighted by Crippen LogP contribution is -1.56. The van der Waals surface area contributed by atoms with Gasteiger partial charge in [0.1, 0.15) is 5.75 Å². The molecule has 1 aromatic rings. The summed E-state index contributed by atoms with van der Waals surface area (Å²) in [6.07, 6.45) is 0. The molecule has 0 bridgehead atoms. The van der Waals surface area contributed by atoms with Gasteiger partial charge in [0.05, 0.1) is 0 Å². The molecule has 0 fully saturated rings. The van der Waals surface area contributed by atoms with Crippen LogP contribution < -0.4 is 0 Å². The maximum Gasteiger partial charge on any atom is 0.115 e. The van der Waals surface area contributed by atoms with Crippen molar-refractivity contribution in [3.63, 3.8) is 0 Å². The van der Waals surface area contributed by atoms with E-state index in [1.54, 1.807) is 24.3 Å². The highest BCUT2D eigenvalue weighted by Crippen LogP contribution is 2.02. The molecule has 1 nitrogen and oxygen atoms in total. The molecule has 0 aliphatic carbocycles. The lowest BCUT2D eigenvalue weighted by Gasteiger charge is -1.82. The highest BCUT2D eigenvalue weighted by molar-refractivity contribution is 5.86. The van der Waals surface area contributed by atoms with E-state index in [1.165, 1.54) is 0 Å². The third kappa shape index (κ3) is 18.9. The highest BCUT2D eigenvalue weighted by atomic mass is 35.5. The van der Waals surface area contributed by atoms with Crippen molar-refractivity contribution in [2.45, 2.75) is 13.8 Å². The van der Waals surface area contributed by atoms with Crippen molar-refractivity contribution in [1.82, 2.24) is 0 Å². The van der Waals surface area contributed by atoms with Gasteiger partial charge in [0.25, 0.3) is 0 Å². The molecule has 0 atom stereocenters. The normalized spacial score (nSPS) is 5.08. The van der Waals surface area contributed by atoms with E-state index in [4.69, 9.17) is 5.11 Å². The number of halogens is 4. The minimum absolute atomic E-state index is 0. The van der Waals surface area contributed by atoms with Crippen LogP contribution >= 0.6 is 49.6 Å². The predicted octanol–water partition coefficient (Wildman–Crippen LogP) is 4.11. The van der Waals surface area contributed by atoms with Gasteiger partial charge in [-0.1, -0.05) is 32.0 Å². The third-order valence-electron chi connectivity index (χ3n) is 0.756. The first kappa shape index (κ1) is 29.2. The van der Waals surface area contributed by atoms with Crippen LogP contribution in [-0.2, 0) is 0 Å². The average Bonchev–Trinajstić information content (AvgIpc) is 1.94. The zero-order valence-corrected chi connectivity index (χ0v) is 10.7. The van der Waals surface area contributed by atoms with Crippen LogP contribution in [-0.4, -0.2) is 5.11 Å². The zero-order valence-electron chi connectivity index (χ0n) is 7.47. The van der Waals surface area contributed by atoms with Crippen LogP contribution in [0.25, 0.3) is 0 Å². The molecule has 0 heterocycles. The fourth-order valence-corrected chi connectivity index (χ4v) is 0.428. The van der Waals surface area contributed by atoms with Crippen LogP contribution in [0.1, 0.15) is 13.8 Å². The summed E-state index contributed by atoms with van der Waals surface area (Å²) in [6.45, 7) is 4.00. The zero-order chi connectivity index (χ0) is 7.11. The standard InChI is InChI=1S/C6H6O.C2H6.4ClH/c7-6-4-2-1-3-5-6;1-2;;;;/h1-5,7H;1-2H3;4*1H. The van der Waals surface area contributed by atoms with E-state index >= 15 is 0 Å². The second kappa shape index (κ2) is 22.8. The number of hydrogen-bond acceptors (Lipinski definition) is 1. The van der Waals surface area contributed by atoms with Gasteiger partial charge in [-0.3, -0.25) is 0 Å². The molecule has 0 saturated heterocycles. The molecule has 13 heavy (non-hydrogen) atoms. The molecule has 0 radical (unpaired) electrons. The molecule has 0 amide bonds. The Hall–Kier alpha value is 0.180. The van der Waals surface area contributed by atoms with Crippen molar-refractivity contribution >= 4 is 49.6 Å². The molecule has 1 aromatic carbocycles. The van der Waals surface area contributed by atoms with Gasteiger partial charge < -0.3 is 5.11 Å². The van der Waals surface area contributed by atoms with Gasteiger partial charge in [0.2, 0.25) is 0 Å². The molecule has 0 aliphatic rings. The third-order valence-corrected chi connectivity index (χ3v) is 0.756. The van der Waals surface area contributed by atoms with Gasteiger partial charge in [-0.2, -0.15) is 0 Å². The highest BCUT2D eigenvalue weighted by Gasteiger charge is 1.74. The van der Waals surface area contributed by atoms with Crippen LogP contribution in [0.3, 0.4) is 0 Å². The number of benzene rings is 1. The minimum Gasteiger partial charge on any atom is -0.508 e. The first-order chi connectivity index (χ1) is 4.39. The van der Waals surface area contributed by atoms with E-state index in [-0.39, 0.29) is 49.6 Å². The van der Waals surface area contributed by atoms with E-state index in [0.717, 1.165) is 0 Å². The van der Waals surface area contributed by atoms with Gasteiger partial charge in [0, 0.05) is 0 Å². The van der Waals surface area contributed by atoms with Crippen LogP contribution in [0, 0.1) is 0 Å². The van der Waals surface area contributed by atoms with Gasteiger partial charge in [-0.05, 0) is 12.1 Å². The number of para-hydroxylation sites is 1. The first-order valence-electron chi connectivity index (χ1n) is 3.13. The summed E-state index contributed by atoms with van der Waals surface area (Å²) in [6, 6.07) is 8.71. The van der Waals surface area contributed by atoms with Gasteiger partial charge in [-0.15, -0.1) is 49.6 Å². The Labute approximate surface area is 105 Å². The summed E-state index contributed by atoms with van der Waals surface area (Å²) in [5.74, 6) is 0.322. The lowest BCUT2D eigenvalue weighted by atomic mass is 10.3. The van der Waals surface area contributed by atoms with E-state index in [1.807, 2.05) is 19.9 Å². The summed E-state index contributed by atoms with van der Waals surface area (Å²) in [5.41, 5.74) is 0. The van der Waals surface area contributed by atoms with E-state index in [2.05, 4.69) is 0 Å². The Morgan fingerprint density at radius 1 is 0.769 bits per heavy atom. The molecule has 0 aromatic heterocycles. The molecular formula is C8H16Cl4O. The van der Waals surface area contributed by atoms with Gasteiger partial charge >= 0.3 is 0 Å². The van der Waals surface area contributed by atoms with Crippen molar-refractivity contribution in [2.75, 3.05) is 0 Å². The largest absolute Gasteiger partial charge is 0.508 e. The Morgan fingerprint density at radius 3 is 1.23 bits per heavy atom. The maximum atomic E-state index is 8.63. The van der Waals surface area contributed by atoms with Gasteiger partial charge in [-0.25, -0.2) is 0 Å². The van der Waals surface area contributed by atoms with E-state index in [0.29, 0.717) is 5.75 Å². The monoisotopic (exact) mass is 268 g/mol. The van der Waals surface area contributed by atoms with Crippen molar-refractivity contribution in [3.05, 3.63) is 30.3 Å². The van der Waals surface area contributed by atoms with Crippen molar-refractivity contribution in [2.24, 2.45) is 0 Å². The smallest absolute Gasteiger partial charge is 0.115 e. The van der Waals surface area contributed by atoms with Crippen molar-refractivity contribution < 1.29 is 5.11 Å². The quantitative estimate of drug-likeness (QED) is 0.752. The van der Waals surface area contributed by atoms with Crippen LogP contribution in [0.2, 0.25) is 0 Å². The number of phenols is 1. The first-order valence-corrected chi connectivity index (χ1v) is 3.13. The van der Waals surface area contributed by atoms with Crippen molar-refractivity contribution in [1.29, 1.82) is 0 Å². The second-order valence-corrected chi connectivity index (χ2v) is 1.34. The molecule has 1 N–H and O–H groups in total. The topological polar surface area (TPSA) is 20.2 Å². The number of aromatic hydroxyl groups is 1. The van der Waals surface area contributed by atoms with Crippen LogP contribution in [0.4, 0.5) is 0 Å². The Balaban J connectivity index is -0.0000000335. The van der Waals surface area contributed by atoms with Crippen molar-refractivity contribution in [3.8, 4) is 5.75 Å². The Morgan fingerprint density at radius 2 is 1.08 bits per heavy atom. The average molecular weight is 270 g/mol. The van der Waals surface area contributed by atoms with E-state index < -0.39 is 0 Å². The number of phenolic OH excluding ortho intramolecular Hbond substituents is 1. The Bertz CT molecular complexity index is 146. The Kier molecular flexibility index (Phi) is 51.1. The van der Waals surface area contributed by atoms with Crippen LogP contribution in [0.5, 0.6) is 5.75 Å². The molecule has 0 unspecified atom stereocenters. The summed E-state index contributed by atoms with van der Waals surface area (Å²) in [4.78, 5) is 0. The number of rotatable bonds is 0. The molecule has 0 spiro atoms. The SMILES string of the molecule is CC.Cl.Cl.Cl.Cl.Oc1ccccc1. The van der Waals surface area contributed by atoms with Crippen LogP contribution in [0.15, 0.2) is 30.3 Å². The minimum atomic E-state index is 0. The molecule has 0 aliphatic heterocycles. The van der Waals surface area contributed by atoms with Gasteiger partial charge in [0.15, 0.2) is 0 Å². The fraction of sp³-hybridized carbons (Fsp3) is 0.250.